The van der Waals surface area contributed by atoms with Crippen LogP contribution in [0.5, 0.6) is 0 Å². The molecule has 0 aromatic rings. The zero-order chi connectivity index (χ0) is 22.4. The largest absolute Gasteiger partial charge is 0.481 e. The average molecular weight is 409 g/mol. The minimum Gasteiger partial charge on any atom is -0.481 e. The summed E-state index contributed by atoms with van der Waals surface area (Å²) in [6.07, 6.45) is 28.9. The number of hydrogen-bond donors (Lipinski definition) is 1. The van der Waals surface area contributed by atoms with Crippen LogP contribution in [0.4, 0.5) is 0 Å². The molecule has 0 heterocycles. The van der Waals surface area contributed by atoms with Crippen molar-refractivity contribution in [1.29, 1.82) is 0 Å². The van der Waals surface area contributed by atoms with Crippen molar-refractivity contribution < 1.29 is 9.90 Å². The fourth-order valence-corrected chi connectivity index (χ4v) is 3.05. The van der Waals surface area contributed by atoms with Gasteiger partial charge >= 0.3 is 5.97 Å². The van der Waals surface area contributed by atoms with Crippen molar-refractivity contribution in [3.8, 4) is 0 Å². The third kappa shape index (κ3) is 42.0. The van der Waals surface area contributed by atoms with Gasteiger partial charge in [-0.2, -0.15) is 0 Å². The number of hydrogen-bond acceptors (Lipinski definition) is 1. The van der Waals surface area contributed by atoms with Crippen LogP contribution in [0.15, 0.2) is 38.0 Å². The van der Waals surface area contributed by atoms with Crippen molar-refractivity contribution in [2.75, 3.05) is 0 Å². The molecule has 0 aliphatic rings. The van der Waals surface area contributed by atoms with Crippen molar-refractivity contribution in [2.24, 2.45) is 0 Å². The van der Waals surface area contributed by atoms with E-state index in [-0.39, 0.29) is 0 Å². The van der Waals surface area contributed by atoms with E-state index in [1.54, 1.807) is 6.08 Å². The molecule has 2 heteroatoms. The van der Waals surface area contributed by atoms with E-state index in [0.717, 1.165) is 12.8 Å². The second-order valence-electron chi connectivity index (χ2n) is 7.55. The quantitative estimate of drug-likeness (QED) is 0.170. The van der Waals surface area contributed by atoms with Crippen LogP contribution in [0.3, 0.4) is 0 Å². The van der Waals surface area contributed by atoms with Gasteiger partial charge in [0.1, 0.15) is 0 Å². The Morgan fingerprint density at radius 1 is 0.690 bits per heavy atom. The van der Waals surface area contributed by atoms with E-state index in [2.05, 4.69) is 38.8 Å². The third-order valence-electron chi connectivity index (χ3n) is 4.65. The van der Waals surface area contributed by atoms with Gasteiger partial charge in [0.15, 0.2) is 0 Å². The number of rotatable bonds is 19. The molecule has 29 heavy (non-hydrogen) atoms. The summed E-state index contributed by atoms with van der Waals surface area (Å²) in [4.78, 5) is 10.4. The Hall–Kier alpha value is -1.31. The lowest BCUT2D eigenvalue weighted by Gasteiger charge is -2.01. The fraction of sp³-hybridized carbons (Fsp3) is 0.741. The van der Waals surface area contributed by atoms with Crippen LogP contribution in [0, 0.1) is 0 Å². The molecule has 0 atom stereocenters. The lowest BCUT2D eigenvalue weighted by Crippen LogP contribution is -1.93. The van der Waals surface area contributed by atoms with Crippen LogP contribution < -0.4 is 0 Å². The van der Waals surface area contributed by atoms with Crippen LogP contribution >= 0.6 is 0 Å². The zero-order valence-corrected chi connectivity index (χ0v) is 19.9. The monoisotopic (exact) mass is 408 g/mol. The summed E-state index contributed by atoms with van der Waals surface area (Å²) in [5.74, 6) is -0.656. The maximum absolute atomic E-state index is 10.4. The van der Waals surface area contributed by atoms with E-state index in [0.29, 0.717) is 6.42 Å². The van der Waals surface area contributed by atoms with Gasteiger partial charge in [0.25, 0.3) is 0 Å². The van der Waals surface area contributed by atoms with E-state index < -0.39 is 5.97 Å². The minimum absolute atomic E-state index is 0.340. The highest BCUT2D eigenvalue weighted by molar-refractivity contribution is 5.66. The number of carboxylic acids is 1. The highest BCUT2D eigenvalue weighted by Crippen LogP contribution is 2.12. The maximum Gasteiger partial charge on any atom is 0.303 e. The fourth-order valence-electron chi connectivity index (χ4n) is 3.05. The van der Waals surface area contributed by atoms with Gasteiger partial charge in [-0.25, -0.2) is 0 Å². The SMILES string of the molecule is C=C.C=CC.CCCCCCCC/C=C\CCCCCCCCCCCC(=O)O. The number of unbranched alkanes of at least 4 members (excludes halogenated alkanes) is 15. The highest BCUT2D eigenvalue weighted by atomic mass is 16.4. The standard InChI is InChI=1S/C22H42O2.C3H6.C2H4/c1-2-3-4-5-6-7-8-9-10-11-12-13-14-15-16-17-18-19-20-21-22(23)24;1-3-2;1-2/h9-10H,2-8,11-21H2,1H3,(H,23,24);3H,1H2,2H3;1-2H2/b10-9-;;. The van der Waals surface area contributed by atoms with Crippen LogP contribution in [-0.2, 0) is 4.79 Å². The Kier molecular flexibility index (Phi) is 38.2. The number of carboxylic acid groups (broad SMARTS) is 1. The second kappa shape index (κ2) is 34.2. The first-order chi connectivity index (χ1) is 14.2. The number of aliphatic carboxylic acids is 1. The van der Waals surface area contributed by atoms with E-state index >= 15 is 0 Å². The van der Waals surface area contributed by atoms with Crippen molar-refractivity contribution in [3.63, 3.8) is 0 Å². The molecule has 0 bridgehead atoms. The average Bonchev–Trinajstić information content (AvgIpc) is 2.71. The summed E-state index contributed by atoms with van der Waals surface area (Å²) in [5, 5.41) is 8.55. The van der Waals surface area contributed by atoms with Crippen molar-refractivity contribution in [3.05, 3.63) is 38.0 Å². The summed E-state index contributed by atoms with van der Waals surface area (Å²) in [6, 6.07) is 0. The Morgan fingerprint density at radius 2 is 1.00 bits per heavy atom. The second-order valence-corrected chi connectivity index (χ2v) is 7.55. The zero-order valence-electron chi connectivity index (χ0n) is 19.9. The lowest BCUT2D eigenvalue weighted by molar-refractivity contribution is -0.137. The summed E-state index contributed by atoms with van der Waals surface area (Å²) < 4.78 is 0. The third-order valence-corrected chi connectivity index (χ3v) is 4.65. The smallest absolute Gasteiger partial charge is 0.303 e. The molecule has 0 rings (SSSR count). The van der Waals surface area contributed by atoms with Crippen LogP contribution in [0.1, 0.15) is 129 Å². The number of carbonyl (C=O) groups is 1. The van der Waals surface area contributed by atoms with Crippen molar-refractivity contribution in [1.82, 2.24) is 0 Å². The summed E-state index contributed by atoms with van der Waals surface area (Å²) in [7, 11) is 0. The molecule has 0 aromatic heterocycles. The van der Waals surface area contributed by atoms with Crippen LogP contribution in [-0.4, -0.2) is 11.1 Å². The Morgan fingerprint density at radius 3 is 1.34 bits per heavy atom. The van der Waals surface area contributed by atoms with E-state index in [1.165, 1.54) is 96.3 Å². The molecule has 1 N–H and O–H groups in total. The Labute approximate surface area is 183 Å². The van der Waals surface area contributed by atoms with Gasteiger partial charge in [0.05, 0.1) is 0 Å². The maximum atomic E-state index is 10.4. The van der Waals surface area contributed by atoms with E-state index in [1.807, 2.05) is 6.92 Å². The van der Waals surface area contributed by atoms with Crippen molar-refractivity contribution in [2.45, 2.75) is 129 Å². The first-order valence-corrected chi connectivity index (χ1v) is 12.1. The van der Waals surface area contributed by atoms with E-state index in [9.17, 15) is 4.79 Å². The molecule has 0 saturated heterocycles. The summed E-state index contributed by atoms with van der Waals surface area (Å²) in [5.41, 5.74) is 0. The highest BCUT2D eigenvalue weighted by Gasteiger charge is 1.96. The molecule has 0 aliphatic heterocycles. The summed E-state index contributed by atoms with van der Waals surface area (Å²) >= 11 is 0. The molecule has 172 valence electrons. The van der Waals surface area contributed by atoms with Crippen LogP contribution in [0.2, 0.25) is 0 Å². The predicted molar refractivity (Wildman–Crippen MR) is 133 cm³/mol. The molecule has 2 nitrogen and oxygen atoms in total. The van der Waals surface area contributed by atoms with Crippen LogP contribution in [0.25, 0.3) is 0 Å². The topological polar surface area (TPSA) is 37.3 Å². The molecule has 0 saturated carbocycles. The Balaban J connectivity index is -0.00000123. The van der Waals surface area contributed by atoms with Gasteiger partial charge in [0.2, 0.25) is 0 Å². The van der Waals surface area contributed by atoms with Crippen molar-refractivity contribution >= 4 is 5.97 Å². The normalized spacial score (nSPS) is 10.0. The van der Waals surface area contributed by atoms with Gasteiger partial charge in [-0.3, -0.25) is 4.79 Å². The molecule has 0 spiro atoms. The summed E-state index contributed by atoms with van der Waals surface area (Å²) in [6.45, 7) is 13.5. The first kappa shape index (κ1) is 32.4. The Bertz CT molecular complexity index is 333. The molecule has 0 aromatic carbocycles. The van der Waals surface area contributed by atoms with Gasteiger partial charge < -0.3 is 5.11 Å². The molecule has 0 unspecified atom stereocenters. The van der Waals surface area contributed by atoms with Gasteiger partial charge in [0, 0.05) is 6.42 Å². The molecule has 0 amide bonds. The molecule has 0 fully saturated rings. The minimum atomic E-state index is -0.656. The molecular formula is C27H52O2. The van der Waals surface area contributed by atoms with Gasteiger partial charge in [-0.1, -0.05) is 102 Å². The molecule has 0 radical (unpaired) electrons. The first-order valence-electron chi connectivity index (χ1n) is 12.1. The predicted octanol–water partition coefficient (Wildman–Crippen LogP) is 9.66. The molecular weight excluding hydrogens is 356 g/mol. The van der Waals surface area contributed by atoms with Gasteiger partial charge in [-0.05, 0) is 39.0 Å². The number of allylic oxidation sites excluding steroid dienone is 3. The lowest BCUT2D eigenvalue weighted by atomic mass is 10.1. The molecule has 0 aliphatic carbocycles. The van der Waals surface area contributed by atoms with E-state index in [4.69, 9.17) is 5.11 Å². The van der Waals surface area contributed by atoms with Gasteiger partial charge in [-0.15, -0.1) is 19.7 Å².